The van der Waals surface area contributed by atoms with Crippen LogP contribution < -0.4 is 14.8 Å². The molecule has 6 nitrogen and oxygen atoms in total. The first kappa shape index (κ1) is 22.0. The van der Waals surface area contributed by atoms with Crippen LogP contribution in [0.4, 0.5) is 5.69 Å². The molecule has 6 heteroatoms. The van der Waals surface area contributed by atoms with Crippen molar-refractivity contribution in [2.45, 2.75) is 33.8 Å². The molecular formula is C23H27NO5. The van der Waals surface area contributed by atoms with Gasteiger partial charge in [0.2, 0.25) is 0 Å². The molecule has 0 spiro atoms. The highest BCUT2D eigenvalue weighted by molar-refractivity contribution is 5.97. The zero-order chi connectivity index (χ0) is 21.6. The first-order valence-electron chi connectivity index (χ1n) is 9.25. The number of esters is 1. The predicted molar refractivity (Wildman–Crippen MR) is 113 cm³/mol. The molecule has 0 radical (unpaired) electrons. The number of carbonyl (C=O) groups excluding carboxylic acids is 2. The highest BCUT2D eigenvalue weighted by Crippen LogP contribution is 2.31. The van der Waals surface area contributed by atoms with Crippen LogP contribution in [0, 0.1) is 20.8 Å². The molecule has 2 aromatic carbocycles. The number of methoxy groups -OCH3 is 2. The van der Waals surface area contributed by atoms with Gasteiger partial charge >= 0.3 is 5.97 Å². The van der Waals surface area contributed by atoms with Gasteiger partial charge in [-0.25, -0.2) is 4.79 Å². The largest absolute Gasteiger partial charge is 0.493 e. The molecule has 0 saturated carbocycles. The van der Waals surface area contributed by atoms with E-state index in [0.717, 1.165) is 22.4 Å². The average Bonchev–Trinajstić information content (AvgIpc) is 2.68. The maximum atomic E-state index is 12.4. The molecule has 0 aliphatic heterocycles. The summed E-state index contributed by atoms with van der Waals surface area (Å²) in [5.74, 6) is 0.0467. The fourth-order valence-corrected chi connectivity index (χ4v) is 3.07. The molecule has 0 unspecified atom stereocenters. The van der Waals surface area contributed by atoms with Gasteiger partial charge in [0, 0.05) is 17.3 Å². The van der Waals surface area contributed by atoms with E-state index in [0.29, 0.717) is 17.1 Å². The number of rotatable bonds is 7. The number of aryl methyl sites for hydroxylation is 3. The molecule has 2 rings (SSSR count). The summed E-state index contributed by atoms with van der Waals surface area (Å²) in [6.45, 7) is 7.39. The monoisotopic (exact) mass is 397 g/mol. The zero-order valence-electron chi connectivity index (χ0n) is 17.7. The number of ether oxygens (including phenoxy) is 3. The summed E-state index contributed by atoms with van der Waals surface area (Å²) in [6, 6.07) is 9.31. The standard InChI is InChI=1S/C23H27NO5/c1-14-12-15(2)21(16(3)13-14)24-23(26)17(4)29-20(25)11-10-18-8-7-9-19(27-5)22(18)28-6/h7-13,17H,1-6H3,(H,24,26)/b11-10+/t17-/m1/s1. The van der Waals surface area contributed by atoms with Crippen molar-refractivity contribution in [1.29, 1.82) is 0 Å². The highest BCUT2D eigenvalue weighted by Gasteiger charge is 2.18. The smallest absolute Gasteiger partial charge is 0.331 e. The molecule has 0 aliphatic rings. The quantitative estimate of drug-likeness (QED) is 0.560. The predicted octanol–water partition coefficient (Wildman–Crippen LogP) is 4.21. The van der Waals surface area contributed by atoms with Gasteiger partial charge < -0.3 is 19.5 Å². The number of benzene rings is 2. The average molecular weight is 397 g/mol. The van der Waals surface area contributed by atoms with Crippen molar-refractivity contribution in [3.05, 3.63) is 58.7 Å². The van der Waals surface area contributed by atoms with E-state index in [1.54, 1.807) is 24.3 Å². The molecule has 0 fully saturated rings. The van der Waals surface area contributed by atoms with Crippen LogP contribution in [0.15, 0.2) is 36.4 Å². The lowest BCUT2D eigenvalue weighted by atomic mass is 10.0. The van der Waals surface area contributed by atoms with Gasteiger partial charge in [-0.3, -0.25) is 4.79 Å². The minimum Gasteiger partial charge on any atom is -0.493 e. The van der Waals surface area contributed by atoms with Crippen molar-refractivity contribution >= 4 is 23.6 Å². The highest BCUT2D eigenvalue weighted by atomic mass is 16.5. The first-order valence-corrected chi connectivity index (χ1v) is 9.25. The lowest BCUT2D eigenvalue weighted by molar-refractivity contribution is -0.148. The number of nitrogens with one attached hydrogen (secondary N) is 1. The maximum Gasteiger partial charge on any atom is 0.331 e. The van der Waals surface area contributed by atoms with Crippen LogP contribution in [0.5, 0.6) is 11.5 Å². The van der Waals surface area contributed by atoms with Gasteiger partial charge in [0.25, 0.3) is 5.91 Å². The molecule has 154 valence electrons. The number of carbonyl (C=O) groups is 2. The molecule has 0 heterocycles. The number of hydrogen-bond acceptors (Lipinski definition) is 5. The summed E-state index contributed by atoms with van der Waals surface area (Å²) in [7, 11) is 3.06. The summed E-state index contributed by atoms with van der Waals surface area (Å²) < 4.78 is 15.8. The molecule has 0 aromatic heterocycles. The van der Waals surface area contributed by atoms with Crippen LogP contribution in [-0.4, -0.2) is 32.2 Å². The van der Waals surface area contributed by atoms with Crippen LogP contribution in [0.1, 0.15) is 29.2 Å². The number of para-hydroxylation sites is 1. The fourth-order valence-electron chi connectivity index (χ4n) is 3.07. The van der Waals surface area contributed by atoms with Crippen LogP contribution in [0.3, 0.4) is 0 Å². The second-order valence-electron chi connectivity index (χ2n) is 6.76. The van der Waals surface area contributed by atoms with Crippen molar-refractivity contribution in [3.63, 3.8) is 0 Å². The zero-order valence-corrected chi connectivity index (χ0v) is 17.7. The Bertz CT molecular complexity index is 910. The maximum absolute atomic E-state index is 12.4. The summed E-state index contributed by atoms with van der Waals surface area (Å²) in [5, 5.41) is 2.84. The van der Waals surface area contributed by atoms with Gasteiger partial charge in [-0.1, -0.05) is 29.8 Å². The van der Waals surface area contributed by atoms with Crippen molar-refractivity contribution in [2.75, 3.05) is 19.5 Å². The number of anilines is 1. The van der Waals surface area contributed by atoms with Crippen LogP contribution in [0.2, 0.25) is 0 Å². The second-order valence-corrected chi connectivity index (χ2v) is 6.76. The molecule has 0 saturated heterocycles. The van der Waals surface area contributed by atoms with Gasteiger partial charge in [-0.2, -0.15) is 0 Å². The van der Waals surface area contributed by atoms with E-state index < -0.39 is 12.1 Å². The Morgan fingerprint density at radius 1 is 1.03 bits per heavy atom. The van der Waals surface area contributed by atoms with Gasteiger partial charge in [0.15, 0.2) is 17.6 Å². The minimum absolute atomic E-state index is 0.388. The van der Waals surface area contributed by atoms with E-state index in [1.165, 1.54) is 27.2 Å². The third kappa shape index (κ3) is 5.60. The lowest BCUT2D eigenvalue weighted by Gasteiger charge is -2.16. The van der Waals surface area contributed by atoms with Crippen molar-refractivity contribution in [3.8, 4) is 11.5 Å². The fraction of sp³-hybridized carbons (Fsp3) is 0.304. The lowest BCUT2D eigenvalue weighted by Crippen LogP contribution is -2.30. The first-order chi connectivity index (χ1) is 13.8. The molecule has 1 amide bonds. The molecule has 1 atom stereocenters. The van der Waals surface area contributed by atoms with Gasteiger partial charge in [0.05, 0.1) is 14.2 Å². The summed E-state index contributed by atoms with van der Waals surface area (Å²) >= 11 is 0. The van der Waals surface area contributed by atoms with Crippen molar-refractivity contribution in [2.24, 2.45) is 0 Å². The molecule has 29 heavy (non-hydrogen) atoms. The Balaban J connectivity index is 2.04. The summed E-state index contributed by atoms with van der Waals surface area (Å²) in [4.78, 5) is 24.6. The number of hydrogen-bond donors (Lipinski definition) is 1. The van der Waals surface area contributed by atoms with Gasteiger partial charge in [-0.05, 0) is 51.0 Å². The molecular weight excluding hydrogens is 370 g/mol. The topological polar surface area (TPSA) is 73.9 Å². The number of amides is 1. The molecule has 0 aliphatic carbocycles. The normalized spacial score (nSPS) is 11.8. The van der Waals surface area contributed by atoms with Gasteiger partial charge in [0.1, 0.15) is 0 Å². The van der Waals surface area contributed by atoms with E-state index in [2.05, 4.69) is 5.32 Å². The van der Waals surface area contributed by atoms with Crippen LogP contribution in [0.25, 0.3) is 6.08 Å². The summed E-state index contributed by atoms with van der Waals surface area (Å²) in [6.07, 6.45) is 1.87. The summed E-state index contributed by atoms with van der Waals surface area (Å²) in [5.41, 5.74) is 4.43. The second kappa shape index (κ2) is 9.78. The van der Waals surface area contributed by atoms with E-state index in [1.807, 2.05) is 32.9 Å². The van der Waals surface area contributed by atoms with E-state index in [-0.39, 0.29) is 5.91 Å². The van der Waals surface area contributed by atoms with E-state index in [9.17, 15) is 9.59 Å². The molecule has 0 bridgehead atoms. The molecule has 2 aromatic rings. The Kier molecular flexibility index (Phi) is 7.42. The van der Waals surface area contributed by atoms with E-state index >= 15 is 0 Å². The third-order valence-corrected chi connectivity index (χ3v) is 4.42. The third-order valence-electron chi connectivity index (χ3n) is 4.42. The van der Waals surface area contributed by atoms with Crippen molar-refractivity contribution < 1.29 is 23.8 Å². The Labute approximate surface area is 171 Å². The van der Waals surface area contributed by atoms with Crippen LogP contribution >= 0.6 is 0 Å². The minimum atomic E-state index is -0.945. The van der Waals surface area contributed by atoms with Gasteiger partial charge in [-0.15, -0.1) is 0 Å². The molecule has 1 N–H and O–H groups in total. The SMILES string of the molecule is COc1cccc(/C=C/C(=O)O[C@H](C)C(=O)Nc2c(C)cc(C)cc2C)c1OC. The van der Waals surface area contributed by atoms with Crippen LogP contribution in [-0.2, 0) is 14.3 Å². The van der Waals surface area contributed by atoms with E-state index in [4.69, 9.17) is 14.2 Å². The van der Waals surface area contributed by atoms with Crippen molar-refractivity contribution in [1.82, 2.24) is 0 Å². The Morgan fingerprint density at radius 2 is 1.69 bits per heavy atom. The Morgan fingerprint density at radius 3 is 2.28 bits per heavy atom. The Hall–Kier alpha value is -3.28.